The minimum absolute atomic E-state index is 0.0926. The van der Waals surface area contributed by atoms with E-state index in [1.54, 1.807) is 0 Å². The minimum Gasteiger partial charge on any atom is -0.444 e. The summed E-state index contributed by atoms with van der Waals surface area (Å²) < 4.78 is 5.16. The summed E-state index contributed by atoms with van der Waals surface area (Å²) in [4.78, 5) is 23.6. The van der Waals surface area contributed by atoms with Crippen molar-refractivity contribution in [1.29, 1.82) is 0 Å². The van der Waals surface area contributed by atoms with Crippen molar-refractivity contribution >= 4 is 11.9 Å². The van der Waals surface area contributed by atoms with Crippen molar-refractivity contribution in [2.75, 3.05) is 6.54 Å². The third-order valence-corrected chi connectivity index (χ3v) is 3.02. The Balaban J connectivity index is 2.42. The Hall–Kier alpha value is -1.06. The molecule has 0 aromatic heterocycles. The Morgan fingerprint density at radius 2 is 1.83 bits per heavy atom. The van der Waals surface area contributed by atoms with E-state index >= 15 is 0 Å². The second-order valence-corrected chi connectivity index (χ2v) is 6.41. The zero-order valence-electron chi connectivity index (χ0n) is 12.1. The molecule has 0 heterocycles. The first-order valence-electron chi connectivity index (χ1n) is 6.71. The zero-order valence-corrected chi connectivity index (χ0v) is 12.1. The van der Waals surface area contributed by atoms with E-state index in [-0.39, 0.29) is 17.8 Å². The maximum atomic E-state index is 12.1. The Morgan fingerprint density at radius 3 is 2.22 bits per heavy atom. The number of Topliss-reactive ketones (excluding diaryl/α,β-unsaturated/α-hetero) is 1. The van der Waals surface area contributed by atoms with Crippen LogP contribution in [-0.4, -0.2) is 24.0 Å². The highest BCUT2D eigenvalue weighted by Gasteiger charge is 2.36. The van der Waals surface area contributed by atoms with Gasteiger partial charge in [-0.05, 0) is 39.5 Å². The summed E-state index contributed by atoms with van der Waals surface area (Å²) in [5.41, 5.74) is -0.502. The van der Waals surface area contributed by atoms with Crippen LogP contribution in [-0.2, 0) is 9.53 Å². The SMILES string of the molecule is CC(C)C(CNC(=O)OC(C)(C)C)C(=O)C1CC1. The van der Waals surface area contributed by atoms with Gasteiger partial charge >= 0.3 is 6.09 Å². The number of hydrogen-bond acceptors (Lipinski definition) is 3. The van der Waals surface area contributed by atoms with Crippen molar-refractivity contribution in [2.45, 2.75) is 53.1 Å². The van der Waals surface area contributed by atoms with Crippen molar-refractivity contribution in [1.82, 2.24) is 5.32 Å². The monoisotopic (exact) mass is 255 g/mol. The highest BCUT2D eigenvalue weighted by molar-refractivity contribution is 5.86. The van der Waals surface area contributed by atoms with E-state index in [2.05, 4.69) is 5.32 Å². The molecule has 1 amide bonds. The Kier molecular flexibility index (Phi) is 4.77. The molecule has 1 unspecified atom stereocenters. The molecule has 0 aliphatic heterocycles. The van der Waals surface area contributed by atoms with Gasteiger partial charge in [-0.25, -0.2) is 4.79 Å². The number of hydrogen-bond donors (Lipinski definition) is 1. The predicted molar refractivity (Wildman–Crippen MR) is 70.3 cm³/mol. The zero-order chi connectivity index (χ0) is 13.9. The molecule has 0 bridgehead atoms. The lowest BCUT2D eigenvalue weighted by Gasteiger charge is -2.23. The van der Waals surface area contributed by atoms with Gasteiger partial charge in [0.2, 0.25) is 0 Å². The fraction of sp³-hybridized carbons (Fsp3) is 0.857. The summed E-state index contributed by atoms with van der Waals surface area (Å²) in [5.74, 6) is 0.678. The Morgan fingerprint density at radius 1 is 1.28 bits per heavy atom. The molecule has 4 nitrogen and oxygen atoms in total. The van der Waals surface area contributed by atoms with Crippen molar-refractivity contribution in [2.24, 2.45) is 17.8 Å². The number of carbonyl (C=O) groups is 2. The molecule has 1 atom stereocenters. The summed E-state index contributed by atoms with van der Waals surface area (Å²) in [5, 5.41) is 2.70. The van der Waals surface area contributed by atoms with Crippen molar-refractivity contribution < 1.29 is 14.3 Å². The van der Waals surface area contributed by atoms with Crippen molar-refractivity contribution in [3.63, 3.8) is 0 Å². The lowest BCUT2D eigenvalue weighted by atomic mass is 9.89. The number of rotatable bonds is 5. The minimum atomic E-state index is -0.502. The molecule has 1 aliphatic rings. The first kappa shape index (κ1) is 15.0. The molecular formula is C14H25NO3. The molecule has 0 aromatic carbocycles. The van der Waals surface area contributed by atoms with Gasteiger partial charge < -0.3 is 10.1 Å². The average molecular weight is 255 g/mol. The van der Waals surface area contributed by atoms with E-state index in [0.717, 1.165) is 12.8 Å². The maximum Gasteiger partial charge on any atom is 0.407 e. The fourth-order valence-corrected chi connectivity index (χ4v) is 1.84. The van der Waals surface area contributed by atoms with Crippen LogP contribution in [0.15, 0.2) is 0 Å². The van der Waals surface area contributed by atoms with Crippen LogP contribution in [0.5, 0.6) is 0 Å². The topological polar surface area (TPSA) is 55.4 Å². The largest absolute Gasteiger partial charge is 0.444 e. The van der Waals surface area contributed by atoms with Gasteiger partial charge in [0.05, 0.1) is 0 Å². The summed E-state index contributed by atoms with van der Waals surface area (Å²) >= 11 is 0. The van der Waals surface area contributed by atoms with Gasteiger partial charge in [0.1, 0.15) is 11.4 Å². The average Bonchev–Trinajstić information content (AvgIpc) is 2.96. The molecule has 0 aromatic rings. The fourth-order valence-electron chi connectivity index (χ4n) is 1.84. The van der Waals surface area contributed by atoms with Crippen molar-refractivity contribution in [3.8, 4) is 0 Å². The van der Waals surface area contributed by atoms with E-state index in [1.807, 2.05) is 34.6 Å². The van der Waals surface area contributed by atoms with Gasteiger partial charge in [0.15, 0.2) is 0 Å². The Labute approximate surface area is 109 Å². The molecule has 1 aliphatic carbocycles. The number of ether oxygens (including phenoxy) is 1. The van der Waals surface area contributed by atoms with Crippen LogP contribution < -0.4 is 5.32 Å². The van der Waals surface area contributed by atoms with Crippen LogP contribution in [0.3, 0.4) is 0 Å². The highest BCUT2D eigenvalue weighted by atomic mass is 16.6. The third-order valence-electron chi connectivity index (χ3n) is 3.02. The molecule has 104 valence electrons. The number of nitrogens with one attached hydrogen (secondary N) is 1. The second kappa shape index (κ2) is 5.72. The van der Waals surface area contributed by atoms with Gasteiger partial charge in [-0.2, -0.15) is 0 Å². The Bertz CT molecular complexity index is 313. The van der Waals surface area contributed by atoms with E-state index in [9.17, 15) is 9.59 Å². The van der Waals surface area contributed by atoms with Gasteiger partial charge in [-0.15, -0.1) is 0 Å². The van der Waals surface area contributed by atoms with Gasteiger partial charge in [-0.3, -0.25) is 4.79 Å². The molecular weight excluding hydrogens is 230 g/mol. The first-order valence-corrected chi connectivity index (χ1v) is 6.71. The summed E-state index contributed by atoms with van der Waals surface area (Å²) in [7, 11) is 0. The van der Waals surface area contributed by atoms with Crippen LogP contribution in [0.1, 0.15) is 47.5 Å². The van der Waals surface area contributed by atoms with E-state index in [4.69, 9.17) is 4.74 Å². The van der Waals surface area contributed by atoms with Gasteiger partial charge in [0, 0.05) is 18.4 Å². The predicted octanol–water partition coefficient (Wildman–Crippen LogP) is 2.76. The molecule has 0 spiro atoms. The molecule has 0 saturated heterocycles. The first-order chi connectivity index (χ1) is 8.20. The van der Waals surface area contributed by atoms with Crippen LogP contribution >= 0.6 is 0 Å². The quantitative estimate of drug-likeness (QED) is 0.821. The summed E-state index contributed by atoms with van der Waals surface area (Å²) in [6.07, 6.45) is 1.57. The smallest absolute Gasteiger partial charge is 0.407 e. The van der Waals surface area contributed by atoms with E-state index in [1.165, 1.54) is 0 Å². The van der Waals surface area contributed by atoms with Gasteiger partial charge in [-0.1, -0.05) is 13.8 Å². The highest BCUT2D eigenvalue weighted by Crippen LogP contribution is 2.34. The van der Waals surface area contributed by atoms with E-state index < -0.39 is 11.7 Å². The molecule has 1 saturated carbocycles. The summed E-state index contributed by atoms with van der Waals surface area (Å²) in [6.45, 7) is 9.87. The standard InChI is InChI=1S/C14H25NO3/c1-9(2)11(12(16)10-6-7-10)8-15-13(17)18-14(3,4)5/h9-11H,6-8H2,1-5H3,(H,15,17). The molecule has 1 fully saturated rings. The van der Waals surface area contributed by atoms with Gasteiger partial charge in [0.25, 0.3) is 0 Å². The van der Waals surface area contributed by atoms with Crippen LogP contribution in [0.2, 0.25) is 0 Å². The molecule has 0 radical (unpaired) electrons. The van der Waals surface area contributed by atoms with E-state index in [0.29, 0.717) is 12.3 Å². The lowest BCUT2D eigenvalue weighted by Crippen LogP contribution is -2.39. The number of carbonyl (C=O) groups excluding carboxylic acids is 2. The van der Waals surface area contributed by atoms with Crippen LogP contribution in [0.4, 0.5) is 4.79 Å². The van der Waals surface area contributed by atoms with Crippen LogP contribution in [0.25, 0.3) is 0 Å². The summed E-state index contributed by atoms with van der Waals surface area (Å²) in [6, 6.07) is 0. The lowest BCUT2D eigenvalue weighted by molar-refractivity contribution is -0.125. The molecule has 1 rings (SSSR count). The number of alkyl carbamates (subject to hydrolysis) is 1. The molecule has 4 heteroatoms. The maximum absolute atomic E-state index is 12.1. The second-order valence-electron chi connectivity index (χ2n) is 6.41. The molecule has 1 N–H and O–H groups in total. The normalized spacial score (nSPS) is 17.4. The van der Waals surface area contributed by atoms with Crippen LogP contribution in [0, 0.1) is 17.8 Å². The molecule has 18 heavy (non-hydrogen) atoms. The third kappa shape index (κ3) is 5.07. The van der Waals surface area contributed by atoms with Crippen molar-refractivity contribution in [3.05, 3.63) is 0 Å². The number of amides is 1. The number of ketones is 1.